The first kappa shape index (κ1) is 19.1. The van der Waals surface area contributed by atoms with E-state index in [2.05, 4.69) is 0 Å². The van der Waals surface area contributed by atoms with Crippen LogP contribution in [0.1, 0.15) is 57.7 Å². The molecule has 1 fully saturated rings. The van der Waals surface area contributed by atoms with Crippen LogP contribution in [0.2, 0.25) is 0 Å². The van der Waals surface area contributed by atoms with Crippen LogP contribution < -0.4 is 5.46 Å². The van der Waals surface area contributed by atoms with Crippen molar-refractivity contribution in [3.8, 4) is 0 Å². The fourth-order valence-corrected chi connectivity index (χ4v) is 3.59. The Morgan fingerprint density at radius 3 is 2.38 bits per heavy atom. The minimum atomic E-state index is -1.14. The summed E-state index contributed by atoms with van der Waals surface area (Å²) in [6, 6.07) is 0.676. The van der Waals surface area contributed by atoms with Gasteiger partial charge in [0.2, 0.25) is 0 Å². The van der Waals surface area contributed by atoms with Crippen molar-refractivity contribution in [1.82, 2.24) is 4.90 Å². The summed E-state index contributed by atoms with van der Waals surface area (Å²) in [5, 5.41) is 9.24. The smallest absolute Gasteiger partial charge is 0.465 e. The van der Waals surface area contributed by atoms with E-state index in [0.29, 0.717) is 30.4 Å². The maximum atomic E-state index is 15.2. The molecule has 1 saturated heterocycles. The summed E-state index contributed by atoms with van der Waals surface area (Å²) < 4.78 is 41.7. The van der Waals surface area contributed by atoms with Crippen molar-refractivity contribution >= 4 is 18.7 Å². The predicted molar refractivity (Wildman–Crippen MR) is 93.5 cm³/mol. The lowest BCUT2D eigenvalue weighted by molar-refractivity contribution is 0.00578. The molecule has 0 aromatic heterocycles. The van der Waals surface area contributed by atoms with Gasteiger partial charge in [0, 0.05) is 7.05 Å². The summed E-state index contributed by atoms with van der Waals surface area (Å²) in [5.74, 6) is -1.47. The Balaban J connectivity index is 2.05. The quantitative estimate of drug-likeness (QED) is 0.816. The molecule has 3 rings (SSSR count). The molecule has 1 aliphatic heterocycles. The van der Waals surface area contributed by atoms with Gasteiger partial charge in [0.15, 0.2) is 0 Å². The zero-order valence-corrected chi connectivity index (χ0v) is 15.7. The first-order valence-electron chi connectivity index (χ1n) is 8.78. The molecule has 1 N–H and O–H groups in total. The molecule has 0 spiro atoms. The van der Waals surface area contributed by atoms with Crippen LogP contribution in [0, 0.1) is 11.6 Å². The zero-order chi connectivity index (χ0) is 19.4. The molecule has 142 valence electrons. The standard InChI is InChI=1S/C18H24BF2NO4/c1-17(2)18(3,4)26-19(25-17)14-12(20)9-11-10(15(14)21)7-6-8-13(11)22(5)16(23)24/h9,13H,6-8H2,1-5H3,(H,23,24). The Hall–Kier alpha value is -1.67. The van der Waals surface area contributed by atoms with Gasteiger partial charge in [0.05, 0.1) is 22.7 Å². The Morgan fingerprint density at radius 1 is 1.27 bits per heavy atom. The lowest BCUT2D eigenvalue weighted by atomic mass is 9.74. The van der Waals surface area contributed by atoms with Crippen molar-refractivity contribution in [2.45, 2.75) is 64.2 Å². The highest BCUT2D eigenvalue weighted by Gasteiger charge is 2.53. The fourth-order valence-electron chi connectivity index (χ4n) is 3.59. The first-order valence-corrected chi connectivity index (χ1v) is 8.78. The Labute approximate surface area is 152 Å². The number of benzene rings is 1. The average Bonchev–Trinajstić information content (AvgIpc) is 2.73. The molecule has 1 atom stereocenters. The minimum Gasteiger partial charge on any atom is -0.465 e. The molecule has 1 aromatic rings. The second kappa shape index (κ2) is 6.20. The van der Waals surface area contributed by atoms with Gasteiger partial charge in [0.25, 0.3) is 0 Å². The summed E-state index contributed by atoms with van der Waals surface area (Å²) in [6.07, 6.45) is 0.460. The lowest BCUT2D eigenvalue weighted by Gasteiger charge is -2.32. The first-order chi connectivity index (χ1) is 12.0. The highest BCUT2D eigenvalue weighted by molar-refractivity contribution is 6.62. The van der Waals surface area contributed by atoms with Crippen LogP contribution >= 0.6 is 0 Å². The van der Waals surface area contributed by atoms with Crippen LogP contribution in [0.25, 0.3) is 0 Å². The largest absolute Gasteiger partial charge is 0.500 e. The Morgan fingerprint density at radius 2 is 1.85 bits per heavy atom. The Bertz CT molecular complexity index is 737. The van der Waals surface area contributed by atoms with Gasteiger partial charge in [-0.15, -0.1) is 0 Å². The van der Waals surface area contributed by atoms with Crippen LogP contribution in [-0.2, 0) is 15.7 Å². The van der Waals surface area contributed by atoms with Crippen LogP contribution in [0.5, 0.6) is 0 Å². The third-order valence-corrected chi connectivity index (χ3v) is 5.91. The number of hydrogen-bond acceptors (Lipinski definition) is 3. The zero-order valence-electron chi connectivity index (χ0n) is 15.7. The molecular weight excluding hydrogens is 343 g/mol. The third kappa shape index (κ3) is 2.89. The van der Waals surface area contributed by atoms with E-state index in [4.69, 9.17) is 9.31 Å². The summed E-state index contributed by atoms with van der Waals surface area (Å²) in [7, 11) is 0.280. The SMILES string of the molecule is CN(C(=O)O)C1CCCc2c1cc(F)c(B1OC(C)(C)C(C)(C)O1)c2F. The number of fused-ring (bicyclic) bond motifs is 1. The van der Waals surface area contributed by atoms with E-state index in [0.717, 1.165) is 4.90 Å². The molecule has 26 heavy (non-hydrogen) atoms. The monoisotopic (exact) mass is 367 g/mol. The number of amides is 1. The van der Waals surface area contributed by atoms with Crippen LogP contribution in [0.3, 0.4) is 0 Å². The number of carbonyl (C=O) groups is 1. The van der Waals surface area contributed by atoms with Crippen LogP contribution in [0.15, 0.2) is 6.07 Å². The number of nitrogens with zero attached hydrogens (tertiary/aromatic N) is 1. The van der Waals surface area contributed by atoms with E-state index >= 15 is 4.39 Å². The van der Waals surface area contributed by atoms with Crippen molar-refractivity contribution in [3.05, 3.63) is 28.8 Å². The van der Waals surface area contributed by atoms with Gasteiger partial charge in [-0.25, -0.2) is 13.6 Å². The van der Waals surface area contributed by atoms with E-state index in [1.54, 1.807) is 0 Å². The Kier molecular flexibility index (Phi) is 4.56. The fraction of sp³-hybridized carbons (Fsp3) is 0.611. The topological polar surface area (TPSA) is 59.0 Å². The van der Waals surface area contributed by atoms with E-state index < -0.39 is 42.1 Å². The second-order valence-electron chi connectivity index (χ2n) is 8.04. The third-order valence-electron chi connectivity index (χ3n) is 5.91. The highest BCUT2D eigenvalue weighted by atomic mass is 19.1. The molecule has 1 heterocycles. The van der Waals surface area contributed by atoms with Gasteiger partial charge in [-0.3, -0.25) is 0 Å². The lowest BCUT2D eigenvalue weighted by Crippen LogP contribution is -2.41. The van der Waals surface area contributed by atoms with Crippen molar-refractivity contribution in [3.63, 3.8) is 0 Å². The van der Waals surface area contributed by atoms with Gasteiger partial charge in [-0.05, 0) is 64.2 Å². The molecule has 0 bridgehead atoms. The molecule has 1 aliphatic carbocycles. The molecule has 1 aromatic carbocycles. The van der Waals surface area contributed by atoms with E-state index in [1.165, 1.54) is 13.1 Å². The van der Waals surface area contributed by atoms with E-state index in [9.17, 15) is 14.3 Å². The van der Waals surface area contributed by atoms with Gasteiger partial charge in [0.1, 0.15) is 11.6 Å². The predicted octanol–water partition coefficient (Wildman–Crippen LogP) is 3.25. The number of rotatable bonds is 2. The van der Waals surface area contributed by atoms with Crippen LogP contribution in [-0.4, -0.2) is 41.5 Å². The number of hydrogen-bond donors (Lipinski definition) is 1. The summed E-state index contributed by atoms with van der Waals surface area (Å²) in [4.78, 5) is 12.4. The molecular formula is C18H24BF2NO4. The summed E-state index contributed by atoms with van der Waals surface area (Å²) >= 11 is 0. The van der Waals surface area contributed by atoms with Crippen molar-refractivity contribution in [1.29, 1.82) is 0 Å². The number of carboxylic acid groups (broad SMARTS) is 1. The summed E-state index contributed by atoms with van der Waals surface area (Å²) in [6.45, 7) is 7.27. The minimum absolute atomic E-state index is 0.235. The van der Waals surface area contributed by atoms with Gasteiger partial charge < -0.3 is 19.3 Å². The highest BCUT2D eigenvalue weighted by Crippen LogP contribution is 2.39. The van der Waals surface area contributed by atoms with E-state index in [1.807, 2.05) is 27.7 Å². The molecule has 0 saturated carbocycles. The molecule has 5 nitrogen and oxygen atoms in total. The van der Waals surface area contributed by atoms with Crippen LogP contribution in [0.4, 0.5) is 13.6 Å². The number of halogens is 2. The maximum Gasteiger partial charge on any atom is 0.500 e. The van der Waals surface area contributed by atoms with Gasteiger partial charge >= 0.3 is 13.2 Å². The molecule has 2 aliphatic rings. The van der Waals surface area contributed by atoms with Gasteiger partial charge in [-0.2, -0.15) is 0 Å². The normalized spacial score (nSPS) is 23.7. The molecule has 1 amide bonds. The molecule has 1 unspecified atom stereocenters. The average molecular weight is 367 g/mol. The van der Waals surface area contributed by atoms with Crippen molar-refractivity contribution < 1.29 is 28.0 Å². The van der Waals surface area contributed by atoms with Crippen molar-refractivity contribution in [2.24, 2.45) is 0 Å². The second-order valence-corrected chi connectivity index (χ2v) is 8.04. The maximum absolute atomic E-state index is 15.2. The summed E-state index contributed by atoms with van der Waals surface area (Å²) in [5.41, 5.74) is -0.922. The van der Waals surface area contributed by atoms with Crippen molar-refractivity contribution in [2.75, 3.05) is 7.05 Å². The molecule has 8 heteroatoms. The van der Waals surface area contributed by atoms with E-state index in [-0.39, 0.29) is 5.46 Å². The molecule has 0 radical (unpaired) electrons. The van der Waals surface area contributed by atoms with Gasteiger partial charge in [-0.1, -0.05) is 0 Å².